The van der Waals surface area contributed by atoms with Gasteiger partial charge in [-0.1, -0.05) is 12.1 Å². The molecule has 0 bridgehead atoms. The van der Waals surface area contributed by atoms with Gasteiger partial charge in [-0.05, 0) is 84.9 Å². The predicted octanol–water partition coefficient (Wildman–Crippen LogP) is 4.95. The summed E-state index contributed by atoms with van der Waals surface area (Å²) in [5, 5.41) is 15.2. The SMILES string of the molecule is O=C(O)CC1CCC(c2ccc(C(=O)NCCNC(=O)c3cc4cc(F)ccc4s3)cc2)CC1. The second-order valence-electron chi connectivity index (χ2n) is 8.74. The Labute approximate surface area is 201 Å². The van der Waals surface area contributed by atoms with Crippen molar-refractivity contribution in [1.29, 1.82) is 0 Å². The molecule has 0 radical (unpaired) electrons. The van der Waals surface area contributed by atoms with Crippen LogP contribution in [0.2, 0.25) is 0 Å². The van der Waals surface area contributed by atoms with Crippen molar-refractivity contribution in [2.24, 2.45) is 5.92 Å². The van der Waals surface area contributed by atoms with E-state index in [0.29, 0.717) is 28.3 Å². The van der Waals surface area contributed by atoms with Gasteiger partial charge in [0.1, 0.15) is 5.82 Å². The topological polar surface area (TPSA) is 95.5 Å². The van der Waals surface area contributed by atoms with Crippen LogP contribution < -0.4 is 10.6 Å². The van der Waals surface area contributed by atoms with Gasteiger partial charge in [0.25, 0.3) is 11.8 Å². The second kappa shape index (κ2) is 10.8. The summed E-state index contributed by atoms with van der Waals surface area (Å²) in [4.78, 5) is 36.2. The number of amides is 2. The Morgan fingerprint density at radius 1 is 0.912 bits per heavy atom. The van der Waals surface area contributed by atoms with E-state index in [-0.39, 0.29) is 36.5 Å². The van der Waals surface area contributed by atoms with Crippen LogP contribution in [0.4, 0.5) is 4.39 Å². The Morgan fingerprint density at radius 2 is 1.59 bits per heavy atom. The fourth-order valence-electron chi connectivity index (χ4n) is 4.52. The number of thiophene rings is 1. The normalized spacial score (nSPS) is 17.9. The van der Waals surface area contributed by atoms with E-state index in [9.17, 15) is 18.8 Å². The fourth-order valence-corrected chi connectivity index (χ4v) is 5.48. The molecule has 6 nitrogen and oxygen atoms in total. The molecule has 4 rings (SSSR count). The number of benzene rings is 2. The first-order valence-electron chi connectivity index (χ1n) is 11.5. The first-order chi connectivity index (χ1) is 16.4. The van der Waals surface area contributed by atoms with Crippen LogP contribution in [0.3, 0.4) is 0 Å². The highest BCUT2D eigenvalue weighted by Gasteiger charge is 2.24. The van der Waals surface area contributed by atoms with Gasteiger partial charge in [-0.15, -0.1) is 11.3 Å². The highest BCUT2D eigenvalue weighted by atomic mass is 32.1. The zero-order valence-corrected chi connectivity index (χ0v) is 19.5. The first-order valence-corrected chi connectivity index (χ1v) is 12.3. The standard InChI is InChI=1S/C26H27FN2O4S/c27-21-9-10-22-20(14-21)15-23(34-22)26(33)29-12-11-28-25(32)19-7-5-18(6-8-19)17-3-1-16(2-4-17)13-24(30)31/h5-10,14-17H,1-4,11-13H2,(H,28,32)(H,29,33)(H,30,31). The Bertz CT molecular complexity index is 1180. The van der Waals surface area contributed by atoms with E-state index < -0.39 is 5.97 Å². The third-order valence-electron chi connectivity index (χ3n) is 6.35. The summed E-state index contributed by atoms with van der Waals surface area (Å²) in [7, 11) is 0. The first kappa shape index (κ1) is 23.9. The van der Waals surface area contributed by atoms with Gasteiger partial charge in [-0.2, -0.15) is 0 Å². The van der Waals surface area contributed by atoms with Crippen molar-refractivity contribution < 1.29 is 23.9 Å². The van der Waals surface area contributed by atoms with Gasteiger partial charge in [0.05, 0.1) is 4.88 Å². The van der Waals surface area contributed by atoms with Crippen LogP contribution in [0.5, 0.6) is 0 Å². The molecule has 0 unspecified atom stereocenters. The van der Waals surface area contributed by atoms with E-state index >= 15 is 0 Å². The molecule has 1 saturated carbocycles. The molecule has 0 spiro atoms. The Morgan fingerprint density at radius 3 is 2.26 bits per heavy atom. The number of carbonyl (C=O) groups excluding carboxylic acids is 2. The maximum atomic E-state index is 13.3. The monoisotopic (exact) mass is 482 g/mol. The molecule has 0 aliphatic heterocycles. The number of halogens is 1. The molecule has 8 heteroatoms. The molecular formula is C26H27FN2O4S. The van der Waals surface area contributed by atoms with Crippen molar-refractivity contribution in [1.82, 2.24) is 10.6 Å². The van der Waals surface area contributed by atoms with E-state index in [2.05, 4.69) is 10.6 Å². The second-order valence-corrected chi connectivity index (χ2v) is 9.83. The van der Waals surface area contributed by atoms with Gasteiger partial charge in [-0.3, -0.25) is 14.4 Å². The molecule has 0 saturated heterocycles. The van der Waals surface area contributed by atoms with E-state index in [0.717, 1.165) is 30.4 Å². The number of carboxylic acids is 1. The lowest BCUT2D eigenvalue weighted by Gasteiger charge is -2.28. The zero-order chi connectivity index (χ0) is 24.1. The Hall–Kier alpha value is -3.26. The van der Waals surface area contributed by atoms with Gasteiger partial charge in [-0.25, -0.2) is 4.39 Å². The van der Waals surface area contributed by atoms with Crippen molar-refractivity contribution in [3.63, 3.8) is 0 Å². The summed E-state index contributed by atoms with van der Waals surface area (Å²) in [6, 6.07) is 13.7. The number of nitrogens with one attached hydrogen (secondary N) is 2. The highest BCUT2D eigenvalue weighted by molar-refractivity contribution is 7.20. The van der Waals surface area contributed by atoms with E-state index in [1.807, 2.05) is 24.3 Å². The van der Waals surface area contributed by atoms with Crippen molar-refractivity contribution in [3.05, 3.63) is 70.4 Å². The van der Waals surface area contributed by atoms with Gasteiger partial charge in [0.15, 0.2) is 0 Å². The largest absolute Gasteiger partial charge is 0.481 e. The number of fused-ring (bicyclic) bond motifs is 1. The summed E-state index contributed by atoms with van der Waals surface area (Å²) in [6.07, 6.45) is 4.03. The number of carboxylic acid groups (broad SMARTS) is 1. The van der Waals surface area contributed by atoms with Gasteiger partial charge in [0, 0.05) is 29.8 Å². The molecular weight excluding hydrogens is 455 g/mol. The molecule has 2 amide bonds. The molecule has 1 aliphatic carbocycles. The predicted molar refractivity (Wildman–Crippen MR) is 130 cm³/mol. The minimum Gasteiger partial charge on any atom is -0.481 e. The molecule has 3 N–H and O–H groups in total. The van der Waals surface area contributed by atoms with Gasteiger partial charge in [0.2, 0.25) is 0 Å². The van der Waals surface area contributed by atoms with Gasteiger partial charge < -0.3 is 15.7 Å². The summed E-state index contributed by atoms with van der Waals surface area (Å²) >= 11 is 1.30. The average Bonchev–Trinajstić information content (AvgIpc) is 3.25. The van der Waals surface area contributed by atoms with Gasteiger partial charge >= 0.3 is 5.97 Å². The van der Waals surface area contributed by atoms with Crippen LogP contribution in [0, 0.1) is 11.7 Å². The molecule has 1 fully saturated rings. The molecule has 178 valence electrons. The van der Waals surface area contributed by atoms with E-state index in [1.54, 1.807) is 12.1 Å². The van der Waals surface area contributed by atoms with Crippen molar-refractivity contribution in [2.75, 3.05) is 13.1 Å². The molecule has 3 aromatic rings. The number of aliphatic carboxylic acids is 1. The van der Waals surface area contributed by atoms with E-state index in [1.165, 1.54) is 29.0 Å². The zero-order valence-electron chi connectivity index (χ0n) is 18.7. The van der Waals surface area contributed by atoms with Crippen molar-refractivity contribution in [2.45, 2.75) is 38.0 Å². The molecule has 1 aromatic heterocycles. The fraction of sp³-hybridized carbons (Fsp3) is 0.346. The highest BCUT2D eigenvalue weighted by Crippen LogP contribution is 2.37. The van der Waals surface area contributed by atoms with Crippen molar-refractivity contribution >= 4 is 39.2 Å². The Balaban J connectivity index is 1.21. The molecule has 1 aliphatic rings. The number of carbonyl (C=O) groups is 3. The third-order valence-corrected chi connectivity index (χ3v) is 7.47. The Kier molecular flexibility index (Phi) is 7.57. The minimum atomic E-state index is -0.727. The molecule has 34 heavy (non-hydrogen) atoms. The lowest BCUT2D eigenvalue weighted by molar-refractivity contribution is -0.138. The smallest absolute Gasteiger partial charge is 0.303 e. The lowest BCUT2D eigenvalue weighted by Crippen LogP contribution is -2.34. The van der Waals surface area contributed by atoms with Crippen molar-refractivity contribution in [3.8, 4) is 0 Å². The molecule has 1 heterocycles. The summed E-state index contributed by atoms with van der Waals surface area (Å²) in [5.74, 6) is -0.850. The maximum Gasteiger partial charge on any atom is 0.303 e. The van der Waals surface area contributed by atoms with Crippen LogP contribution >= 0.6 is 11.3 Å². The lowest BCUT2D eigenvalue weighted by atomic mass is 9.77. The summed E-state index contributed by atoms with van der Waals surface area (Å²) in [5.41, 5.74) is 1.74. The van der Waals surface area contributed by atoms with Crippen LogP contribution in [0.15, 0.2) is 48.5 Å². The summed E-state index contributed by atoms with van der Waals surface area (Å²) < 4.78 is 14.2. The quantitative estimate of drug-likeness (QED) is 0.396. The third kappa shape index (κ3) is 5.99. The van der Waals surface area contributed by atoms with Crippen LogP contribution in [0.25, 0.3) is 10.1 Å². The van der Waals surface area contributed by atoms with Crippen LogP contribution in [0.1, 0.15) is 63.6 Å². The maximum absolute atomic E-state index is 13.3. The number of hydrogen-bond acceptors (Lipinski definition) is 4. The summed E-state index contributed by atoms with van der Waals surface area (Å²) in [6.45, 7) is 0.574. The molecule has 0 atom stereocenters. The number of rotatable bonds is 8. The van der Waals surface area contributed by atoms with Crippen LogP contribution in [-0.2, 0) is 4.79 Å². The van der Waals surface area contributed by atoms with Crippen LogP contribution in [-0.4, -0.2) is 36.0 Å². The molecule has 2 aromatic carbocycles. The number of hydrogen-bond donors (Lipinski definition) is 3. The van der Waals surface area contributed by atoms with E-state index in [4.69, 9.17) is 5.11 Å². The average molecular weight is 483 g/mol. The minimum absolute atomic E-state index is 0.205.